The van der Waals surface area contributed by atoms with Crippen molar-refractivity contribution >= 4 is 15.9 Å². The van der Waals surface area contributed by atoms with E-state index in [0.717, 1.165) is 4.48 Å². The van der Waals surface area contributed by atoms with E-state index in [0.29, 0.717) is 0 Å². The molecule has 1 fully saturated rings. The van der Waals surface area contributed by atoms with Crippen LogP contribution < -0.4 is 0 Å². The van der Waals surface area contributed by atoms with Gasteiger partial charge in [0.05, 0.1) is 0 Å². The Bertz CT molecular complexity index is 255. The predicted molar refractivity (Wildman–Crippen MR) is 50.0 cm³/mol. The van der Waals surface area contributed by atoms with Gasteiger partial charge in [0, 0.05) is 4.48 Å². The highest BCUT2D eigenvalue weighted by molar-refractivity contribution is 9.11. The number of ether oxygens (including phenoxy) is 2. The topological polar surface area (TPSA) is 18.5 Å². The van der Waals surface area contributed by atoms with E-state index in [2.05, 4.69) is 15.9 Å². The second-order valence-electron chi connectivity index (χ2n) is 3.46. The van der Waals surface area contributed by atoms with Crippen LogP contribution >= 0.6 is 15.9 Å². The van der Waals surface area contributed by atoms with E-state index in [4.69, 9.17) is 9.47 Å². The highest BCUT2D eigenvalue weighted by Crippen LogP contribution is 2.36. The molecule has 2 nitrogen and oxygen atoms in total. The van der Waals surface area contributed by atoms with Crippen LogP contribution in [0.2, 0.25) is 0 Å². The van der Waals surface area contributed by atoms with Gasteiger partial charge in [0.15, 0.2) is 5.79 Å². The highest BCUT2D eigenvalue weighted by Gasteiger charge is 2.41. The molecule has 0 unspecified atom stereocenters. The third-order valence-electron chi connectivity index (χ3n) is 1.96. The van der Waals surface area contributed by atoms with Crippen LogP contribution in [0.1, 0.15) is 13.8 Å². The fourth-order valence-electron chi connectivity index (χ4n) is 1.50. The average Bonchev–Trinajstić information content (AvgIpc) is 2.25. The van der Waals surface area contributed by atoms with Gasteiger partial charge in [-0.1, -0.05) is 28.1 Å². The molecule has 0 saturated carbocycles. The van der Waals surface area contributed by atoms with E-state index in [-0.39, 0.29) is 12.2 Å². The zero-order chi connectivity index (χ0) is 8.77. The minimum atomic E-state index is -0.461. The van der Waals surface area contributed by atoms with E-state index < -0.39 is 5.79 Å². The van der Waals surface area contributed by atoms with Crippen LogP contribution in [-0.2, 0) is 9.47 Å². The standard InChI is InChI=1S/C9H11BrO2/c1-9(2)11-7-5-3-4-6(10)8(7)12-9/h3-5,7-8H,1-2H3/t7-,8+/m1/s1. The lowest BCUT2D eigenvalue weighted by molar-refractivity contribution is -0.139. The van der Waals surface area contributed by atoms with Gasteiger partial charge in [-0.05, 0) is 19.9 Å². The van der Waals surface area contributed by atoms with Crippen molar-refractivity contribution in [1.82, 2.24) is 0 Å². The van der Waals surface area contributed by atoms with Crippen LogP contribution in [0.5, 0.6) is 0 Å². The lowest BCUT2D eigenvalue weighted by Gasteiger charge is -2.16. The summed E-state index contributed by atoms with van der Waals surface area (Å²) in [4.78, 5) is 0. The van der Waals surface area contributed by atoms with Crippen molar-refractivity contribution in [3.8, 4) is 0 Å². The van der Waals surface area contributed by atoms with Crippen LogP contribution in [0, 0.1) is 0 Å². The number of fused-ring (bicyclic) bond motifs is 1. The van der Waals surface area contributed by atoms with Crippen molar-refractivity contribution in [2.75, 3.05) is 0 Å². The zero-order valence-electron chi connectivity index (χ0n) is 7.08. The van der Waals surface area contributed by atoms with Crippen LogP contribution in [0.15, 0.2) is 22.7 Å². The number of halogens is 1. The molecule has 0 aromatic heterocycles. The first-order valence-corrected chi connectivity index (χ1v) is 4.77. The molecule has 0 N–H and O–H groups in total. The summed E-state index contributed by atoms with van der Waals surface area (Å²) in [5.74, 6) is -0.461. The first-order valence-electron chi connectivity index (χ1n) is 3.98. The van der Waals surface area contributed by atoms with Crippen molar-refractivity contribution in [2.24, 2.45) is 0 Å². The molecule has 1 aliphatic heterocycles. The molecule has 0 bridgehead atoms. The van der Waals surface area contributed by atoms with Gasteiger partial charge < -0.3 is 9.47 Å². The monoisotopic (exact) mass is 230 g/mol. The molecule has 2 atom stereocenters. The Morgan fingerprint density at radius 3 is 2.83 bits per heavy atom. The van der Waals surface area contributed by atoms with E-state index in [9.17, 15) is 0 Å². The summed E-state index contributed by atoms with van der Waals surface area (Å²) in [6.45, 7) is 3.86. The molecule has 12 heavy (non-hydrogen) atoms. The third kappa shape index (κ3) is 1.37. The normalized spacial score (nSPS) is 37.8. The van der Waals surface area contributed by atoms with Gasteiger partial charge in [0.25, 0.3) is 0 Å². The van der Waals surface area contributed by atoms with Gasteiger partial charge in [-0.15, -0.1) is 0 Å². The van der Waals surface area contributed by atoms with Gasteiger partial charge in [-0.25, -0.2) is 0 Å². The summed E-state index contributed by atoms with van der Waals surface area (Å²) >= 11 is 3.45. The molecule has 3 heteroatoms. The minimum Gasteiger partial charge on any atom is -0.340 e. The SMILES string of the molecule is CC1(C)O[C@@H]2C=CC=C(Br)[C@@H]2O1. The van der Waals surface area contributed by atoms with Crippen LogP contribution in [0.4, 0.5) is 0 Å². The van der Waals surface area contributed by atoms with Gasteiger partial charge in [0.2, 0.25) is 0 Å². The lowest BCUT2D eigenvalue weighted by atomic mass is 10.1. The Balaban J connectivity index is 2.24. The second-order valence-corrected chi connectivity index (χ2v) is 4.37. The summed E-state index contributed by atoms with van der Waals surface area (Å²) < 4.78 is 12.4. The van der Waals surface area contributed by atoms with Crippen molar-refractivity contribution < 1.29 is 9.47 Å². The fourth-order valence-corrected chi connectivity index (χ4v) is 2.00. The molecule has 66 valence electrons. The second kappa shape index (κ2) is 2.69. The van der Waals surface area contributed by atoms with Crippen molar-refractivity contribution in [1.29, 1.82) is 0 Å². The summed E-state index contributed by atoms with van der Waals surface area (Å²) in [6.07, 6.45) is 6.11. The van der Waals surface area contributed by atoms with Crippen LogP contribution in [0.3, 0.4) is 0 Å². The maximum atomic E-state index is 5.68. The molecule has 0 aromatic carbocycles. The first-order chi connectivity index (χ1) is 5.58. The van der Waals surface area contributed by atoms with E-state index in [1.54, 1.807) is 0 Å². The van der Waals surface area contributed by atoms with Crippen molar-refractivity contribution in [3.63, 3.8) is 0 Å². The molecule has 2 aliphatic rings. The molecular weight excluding hydrogens is 220 g/mol. The molecule has 2 rings (SSSR count). The number of hydrogen-bond acceptors (Lipinski definition) is 2. The summed E-state index contributed by atoms with van der Waals surface area (Å²) in [5, 5.41) is 0. The summed E-state index contributed by atoms with van der Waals surface area (Å²) in [6, 6.07) is 0. The smallest absolute Gasteiger partial charge is 0.164 e. The fraction of sp³-hybridized carbons (Fsp3) is 0.556. The molecule has 0 aromatic rings. The predicted octanol–water partition coefficient (Wildman–Crippen LogP) is 2.36. The van der Waals surface area contributed by atoms with Crippen LogP contribution in [-0.4, -0.2) is 18.0 Å². The number of hydrogen-bond donors (Lipinski definition) is 0. The van der Waals surface area contributed by atoms with E-state index in [1.165, 1.54) is 0 Å². The molecular formula is C9H11BrO2. The van der Waals surface area contributed by atoms with Crippen molar-refractivity contribution in [3.05, 3.63) is 22.7 Å². The molecule has 1 aliphatic carbocycles. The average molecular weight is 231 g/mol. The highest BCUT2D eigenvalue weighted by atomic mass is 79.9. The van der Waals surface area contributed by atoms with Gasteiger partial charge in [0.1, 0.15) is 12.2 Å². The number of rotatable bonds is 0. The molecule has 0 spiro atoms. The summed E-state index contributed by atoms with van der Waals surface area (Å²) in [7, 11) is 0. The Morgan fingerprint density at radius 1 is 1.42 bits per heavy atom. The maximum absolute atomic E-state index is 5.68. The number of allylic oxidation sites excluding steroid dienone is 2. The molecule has 1 saturated heterocycles. The third-order valence-corrected chi connectivity index (χ3v) is 2.67. The summed E-state index contributed by atoms with van der Waals surface area (Å²) in [5.41, 5.74) is 0. The van der Waals surface area contributed by atoms with E-state index >= 15 is 0 Å². The largest absolute Gasteiger partial charge is 0.340 e. The van der Waals surface area contributed by atoms with Crippen LogP contribution in [0.25, 0.3) is 0 Å². The maximum Gasteiger partial charge on any atom is 0.164 e. The Labute approximate surface area is 80.4 Å². The van der Waals surface area contributed by atoms with Crippen molar-refractivity contribution in [2.45, 2.75) is 31.8 Å². The molecule has 0 radical (unpaired) electrons. The quantitative estimate of drug-likeness (QED) is 0.637. The molecule has 0 amide bonds. The Morgan fingerprint density at radius 2 is 2.17 bits per heavy atom. The minimum absolute atomic E-state index is 0.0463. The Hall–Kier alpha value is -0.120. The Kier molecular flexibility index (Phi) is 1.90. The molecule has 1 heterocycles. The van der Waals surface area contributed by atoms with Gasteiger partial charge in [-0.3, -0.25) is 0 Å². The zero-order valence-corrected chi connectivity index (χ0v) is 8.67. The first kappa shape index (κ1) is 8.48. The van der Waals surface area contributed by atoms with Gasteiger partial charge >= 0.3 is 0 Å². The van der Waals surface area contributed by atoms with E-state index in [1.807, 2.05) is 32.1 Å². The lowest BCUT2D eigenvalue weighted by Crippen LogP contribution is -2.22. The van der Waals surface area contributed by atoms with Gasteiger partial charge in [-0.2, -0.15) is 0 Å².